The summed E-state index contributed by atoms with van der Waals surface area (Å²) in [7, 11) is 3.08. The molecular formula is C20H16ClN3O2S. The monoisotopic (exact) mass is 397 g/mol. The lowest BCUT2D eigenvalue weighted by molar-refractivity contribution is 0.405. The maximum absolute atomic E-state index is 9.54. The SMILES string of the molecule is COc1cc(N/C=C(/C#N)c2nc(-c3ccccc3)cs2)c(OC)cc1Cl. The van der Waals surface area contributed by atoms with Crippen LogP contribution in [0.15, 0.2) is 54.0 Å². The maximum atomic E-state index is 9.54. The fourth-order valence-corrected chi connectivity index (χ4v) is 3.43. The van der Waals surface area contributed by atoms with E-state index in [2.05, 4.69) is 16.4 Å². The highest BCUT2D eigenvalue weighted by atomic mass is 35.5. The Balaban J connectivity index is 1.88. The van der Waals surface area contributed by atoms with Gasteiger partial charge < -0.3 is 14.8 Å². The third-order valence-electron chi connectivity index (χ3n) is 3.77. The summed E-state index contributed by atoms with van der Waals surface area (Å²) in [6.45, 7) is 0. The number of nitriles is 1. The molecule has 0 unspecified atom stereocenters. The largest absolute Gasteiger partial charge is 0.495 e. The Morgan fingerprint density at radius 3 is 2.59 bits per heavy atom. The lowest BCUT2D eigenvalue weighted by Gasteiger charge is -2.12. The average Bonchev–Trinajstić information content (AvgIpc) is 3.19. The second kappa shape index (κ2) is 8.58. The van der Waals surface area contributed by atoms with Crippen molar-refractivity contribution in [2.75, 3.05) is 19.5 Å². The van der Waals surface area contributed by atoms with Gasteiger partial charge in [-0.05, 0) is 0 Å². The van der Waals surface area contributed by atoms with Gasteiger partial charge >= 0.3 is 0 Å². The molecule has 3 aromatic rings. The first-order chi connectivity index (χ1) is 13.2. The van der Waals surface area contributed by atoms with Crippen LogP contribution in [0.25, 0.3) is 16.8 Å². The van der Waals surface area contributed by atoms with Crippen LogP contribution < -0.4 is 14.8 Å². The van der Waals surface area contributed by atoms with Crippen LogP contribution in [0.3, 0.4) is 0 Å². The number of benzene rings is 2. The van der Waals surface area contributed by atoms with Crippen molar-refractivity contribution in [2.24, 2.45) is 0 Å². The first-order valence-corrected chi connectivity index (χ1v) is 9.21. The normalized spacial score (nSPS) is 11.0. The highest BCUT2D eigenvalue weighted by Gasteiger charge is 2.12. The number of nitrogens with zero attached hydrogens (tertiary/aromatic N) is 2. The summed E-state index contributed by atoms with van der Waals surface area (Å²) in [4.78, 5) is 4.57. The minimum Gasteiger partial charge on any atom is -0.495 e. The number of methoxy groups -OCH3 is 2. The summed E-state index contributed by atoms with van der Waals surface area (Å²) in [6.07, 6.45) is 1.60. The van der Waals surface area contributed by atoms with E-state index in [0.717, 1.165) is 11.3 Å². The Morgan fingerprint density at radius 2 is 1.93 bits per heavy atom. The van der Waals surface area contributed by atoms with Crippen molar-refractivity contribution in [1.29, 1.82) is 5.26 Å². The molecular weight excluding hydrogens is 382 g/mol. The molecule has 0 saturated heterocycles. The van der Waals surface area contributed by atoms with Crippen LogP contribution in [0.5, 0.6) is 11.5 Å². The summed E-state index contributed by atoms with van der Waals surface area (Å²) in [5.74, 6) is 1.05. The van der Waals surface area contributed by atoms with Gasteiger partial charge in [-0.25, -0.2) is 4.98 Å². The van der Waals surface area contributed by atoms with Crippen molar-refractivity contribution in [2.45, 2.75) is 0 Å². The predicted molar refractivity (Wildman–Crippen MR) is 109 cm³/mol. The number of anilines is 1. The second-order valence-electron chi connectivity index (χ2n) is 5.41. The minimum absolute atomic E-state index is 0.415. The van der Waals surface area contributed by atoms with E-state index in [0.29, 0.717) is 32.8 Å². The van der Waals surface area contributed by atoms with E-state index in [1.54, 1.807) is 25.4 Å². The van der Waals surface area contributed by atoms with E-state index >= 15 is 0 Å². The molecule has 0 aliphatic rings. The molecule has 7 heteroatoms. The van der Waals surface area contributed by atoms with Crippen LogP contribution >= 0.6 is 22.9 Å². The zero-order valence-electron chi connectivity index (χ0n) is 14.7. The Kier molecular flexibility index (Phi) is 5.97. The quantitative estimate of drug-likeness (QED) is 0.559. The van der Waals surface area contributed by atoms with Gasteiger partial charge in [-0.1, -0.05) is 41.9 Å². The molecule has 136 valence electrons. The van der Waals surface area contributed by atoms with Gasteiger partial charge in [0, 0.05) is 29.3 Å². The van der Waals surface area contributed by atoms with Crippen LogP contribution in [0.1, 0.15) is 5.01 Å². The predicted octanol–water partition coefficient (Wildman–Crippen LogP) is 5.46. The molecule has 27 heavy (non-hydrogen) atoms. The lowest BCUT2D eigenvalue weighted by atomic mass is 10.2. The molecule has 0 radical (unpaired) electrons. The van der Waals surface area contributed by atoms with Gasteiger partial charge in [0.15, 0.2) is 0 Å². The summed E-state index contributed by atoms with van der Waals surface area (Å²) < 4.78 is 10.6. The Hall–Kier alpha value is -3.01. The molecule has 1 heterocycles. The summed E-state index contributed by atoms with van der Waals surface area (Å²) in [5.41, 5.74) is 2.89. The number of rotatable bonds is 6. The van der Waals surface area contributed by atoms with Gasteiger partial charge in [0.1, 0.15) is 28.1 Å². The molecule has 0 bridgehead atoms. The van der Waals surface area contributed by atoms with Crippen molar-refractivity contribution in [3.05, 3.63) is 64.1 Å². The number of allylic oxidation sites excluding steroid dienone is 1. The molecule has 0 spiro atoms. The Labute approximate surface area is 166 Å². The molecule has 0 saturated carbocycles. The van der Waals surface area contributed by atoms with Crippen LogP contribution in [-0.2, 0) is 0 Å². The number of nitrogens with one attached hydrogen (secondary N) is 1. The molecule has 2 aromatic carbocycles. The van der Waals surface area contributed by atoms with Crippen LogP contribution in [0.2, 0.25) is 5.02 Å². The number of halogens is 1. The Morgan fingerprint density at radius 1 is 1.19 bits per heavy atom. The molecule has 0 aliphatic carbocycles. The van der Waals surface area contributed by atoms with E-state index in [-0.39, 0.29) is 0 Å². The number of hydrogen-bond donors (Lipinski definition) is 1. The molecule has 0 atom stereocenters. The maximum Gasteiger partial charge on any atom is 0.144 e. The highest BCUT2D eigenvalue weighted by Crippen LogP contribution is 2.36. The van der Waals surface area contributed by atoms with Crippen molar-refractivity contribution in [3.63, 3.8) is 0 Å². The van der Waals surface area contributed by atoms with Crippen molar-refractivity contribution in [1.82, 2.24) is 4.98 Å². The van der Waals surface area contributed by atoms with E-state index in [4.69, 9.17) is 21.1 Å². The number of thiazole rings is 1. The molecule has 1 N–H and O–H groups in total. The van der Waals surface area contributed by atoms with Crippen LogP contribution in [0.4, 0.5) is 5.69 Å². The van der Waals surface area contributed by atoms with Gasteiger partial charge in [-0.3, -0.25) is 0 Å². The molecule has 0 fully saturated rings. The molecule has 0 aliphatic heterocycles. The van der Waals surface area contributed by atoms with Crippen LogP contribution in [0, 0.1) is 11.3 Å². The second-order valence-corrected chi connectivity index (χ2v) is 6.67. The topological polar surface area (TPSA) is 67.2 Å². The Bertz CT molecular complexity index is 1010. The third kappa shape index (κ3) is 4.22. The minimum atomic E-state index is 0.415. The molecule has 3 rings (SSSR count). The van der Waals surface area contributed by atoms with E-state index in [1.807, 2.05) is 35.7 Å². The summed E-state index contributed by atoms with van der Waals surface area (Å²) in [5, 5.41) is 15.6. The first-order valence-electron chi connectivity index (χ1n) is 7.96. The fourth-order valence-electron chi connectivity index (χ4n) is 2.40. The van der Waals surface area contributed by atoms with E-state index in [1.165, 1.54) is 18.4 Å². The van der Waals surface area contributed by atoms with E-state index in [9.17, 15) is 5.26 Å². The molecule has 1 aromatic heterocycles. The standard InChI is InChI=1S/C20H16ClN3O2S/c1-25-18-9-16(19(26-2)8-15(18)21)23-11-14(10-22)20-24-17(12-27-20)13-6-4-3-5-7-13/h3-9,11-12,23H,1-2H3/b14-11-. The number of aromatic nitrogens is 1. The van der Waals surface area contributed by atoms with Gasteiger partial charge in [-0.2, -0.15) is 5.26 Å². The number of ether oxygens (including phenoxy) is 2. The van der Waals surface area contributed by atoms with Gasteiger partial charge in [-0.15, -0.1) is 11.3 Å². The summed E-state index contributed by atoms with van der Waals surface area (Å²) >= 11 is 7.53. The van der Waals surface area contributed by atoms with Gasteiger partial charge in [0.2, 0.25) is 0 Å². The van der Waals surface area contributed by atoms with Crippen LogP contribution in [-0.4, -0.2) is 19.2 Å². The number of hydrogen-bond acceptors (Lipinski definition) is 6. The zero-order chi connectivity index (χ0) is 19.2. The first kappa shape index (κ1) is 18.8. The van der Waals surface area contributed by atoms with Gasteiger partial charge in [0.05, 0.1) is 30.6 Å². The third-order valence-corrected chi connectivity index (χ3v) is 4.94. The molecule has 0 amide bonds. The van der Waals surface area contributed by atoms with Gasteiger partial charge in [0.25, 0.3) is 0 Å². The van der Waals surface area contributed by atoms with E-state index < -0.39 is 0 Å². The molecule has 5 nitrogen and oxygen atoms in total. The fraction of sp³-hybridized carbons (Fsp3) is 0.100. The summed E-state index contributed by atoms with van der Waals surface area (Å²) in [6, 6.07) is 15.4. The lowest BCUT2D eigenvalue weighted by Crippen LogP contribution is -1.96. The zero-order valence-corrected chi connectivity index (χ0v) is 16.3. The van der Waals surface area contributed by atoms with Crippen molar-refractivity contribution >= 4 is 34.2 Å². The average molecular weight is 398 g/mol. The van der Waals surface area contributed by atoms with Crippen molar-refractivity contribution in [3.8, 4) is 28.8 Å². The van der Waals surface area contributed by atoms with Crippen molar-refractivity contribution < 1.29 is 9.47 Å². The highest BCUT2D eigenvalue weighted by molar-refractivity contribution is 7.11. The smallest absolute Gasteiger partial charge is 0.144 e.